The Bertz CT molecular complexity index is 461. The summed E-state index contributed by atoms with van der Waals surface area (Å²) >= 11 is 0. The summed E-state index contributed by atoms with van der Waals surface area (Å²) in [6, 6.07) is 8.14. The molecule has 0 radical (unpaired) electrons. The lowest BCUT2D eigenvalue weighted by Gasteiger charge is -1.96. The third-order valence-electron chi connectivity index (χ3n) is 1.69. The smallest absolute Gasteiger partial charge is 0.199 e. The molecule has 0 amide bonds. The molecule has 0 spiro atoms. The Morgan fingerprint density at radius 3 is 2.53 bits per heavy atom. The van der Waals surface area contributed by atoms with Crippen LogP contribution in [0.25, 0.3) is 0 Å². The summed E-state index contributed by atoms with van der Waals surface area (Å²) in [5.74, 6) is 0. The number of allylic oxidation sites excluding steroid dienone is 1. The van der Waals surface area contributed by atoms with Crippen molar-refractivity contribution in [3.8, 4) is 0 Å². The van der Waals surface area contributed by atoms with E-state index in [1.54, 1.807) is 18.2 Å². The lowest BCUT2D eigenvalue weighted by atomic mass is 10.3. The maximum Gasteiger partial charge on any atom is 0.281 e. The van der Waals surface area contributed by atoms with E-state index in [9.17, 15) is 8.42 Å². The molecule has 1 aromatic rings. The molecule has 0 unspecified atom stereocenters. The van der Waals surface area contributed by atoms with Crippen LogP contribution in [0.5, 0.6) is 0 Å². The van der Waals surface area contributed by atoms with Crippen LogP contribution in [-0.4, -0.2) is 14.6 Å². The number of rotatable bonds is 4. The minimum atomic E-state index is -3.53. The molecular formula is C11H13NO2S. The third-order valence-corrected chi connectivity index (χ3v) is 2.99. The summed E-state index contributed by atoms with van der Waals surface area (Å²) < 4.78 is 26.7. The van der Waals surface area contributed by atoms with Crippen molar-refractivity contribution in [1.82, 2.24) is 0 Å². The van der Waals surface area contributed by atoms with E-state index in [1.165, 1.54) is 18.3 Å². The van der Waals surface area contributed by atoms with E-state index in [2.05, 4.69) is 11.0 Å². The zero-order valence-corrected chi connectivity index (χ0v) is 9.37. The molecular weight excluding hydrogens is 210 g/mol. The van der Waals surface area contributed by atoms with Crippen LogP contribution in [0.1, 0.15) is 13.3 Å². The second-order valence-electron chi connectivity index (χ2n) is 3.24. The van der Waals surface area contributed by atoms with Crippen molar-refractivity contribution in [2.75, 3.05) is 0 Å². The van der Waals surface area contributed by atoms with Gasteiger partial charge in [-0.1, -0.05) is 30.4 Å². The molecule has 1 aromatic carbocycles. The quantitative estimate of drug-likeness (QED) is 0.581. The van der Waals surface area contributed by atoms with Gasteiger partial charge in [-0.05, 0) is 19.1 Å². The predicted molar refractivity (Wildman–Crippen MR) is 61.6 cm³/mol. The second kappa shape index (κ2) is 4.89. The molecule has 0 fully saturated rings. The average molecular weight is 223 g/mol. The molecule has 1 rings (SSSR count). The summed E-state index contributed by atoms with van der Waals surface area (Å²) in [5, 5.41) is 0. The van der Waals surface area contributed by atoms with Crippen molar-refractivity contribution < 1.29 is 8.42 Å². The fourth-order valence-corrected chi connectivity index (χ4v) is 1.84. The SMILES string of the molecule is C=C(C)C/C=N/S(=O)(=O)c1ccccc1. The molecule has 0 aliphatic heterocycles. The number of nitrogens with zero attached hydrogens (tertiary/aromatic N) is 1. The van der Waals surface area contributed by atoms with E-state index in [4.69, 9.17) is 0 Å². The van der Waals surface area contributed by atoms with Gasteiger partial charge in [-0.2, -0.15) is 12.8 Å². The van der Waals surface area contributed by atoms with Gasteiger partial charge in [-0.25, -0.2) is 0 Å². The maximum absolute atomic E-state index is 11.6. The van der Waals surface area contributed by atoms with E-state index in [1.807, 2.05) is 6.92 Å². The van der Waals surface area contributed by atoms with Crippen LogP contribution >= 0.6 is 0 Å². The van der Waals surface area contributed by atoms with Crippen LogP contribution in [0.15, 0.2) is 51.8 Å². The average Bonchev–Trinajstić information content (AvgIpc) is 2.18. The van der Waals surface area contributed by atoms with Crippen LogP contribution in [-0.2, 0) is 10.0 Å². The zero-order chi connectivity index (χ0) is 11.3. The minimum absolute atomic E-state index is 0.211. The highest BCUT2D eigenvalue weighted by Crippen LogP contribution is 2.10. The topological polar surface area (TPSA) is 46.5 Å². The predicted octanol–water partition coefficient (Wildman–Crippen LogP) is 2.41. The molecule has 0 bridgehead atoms. The van der Waals surface area contributed by atoms with E-state index in [0.717, 1.165) is 5.57 Å². The van der Waals surface area contributed by atoms with Crippen LogP contribution in [0.4, 0.5) is 0 Å². The van der Waals surface area contributed by atoms with Gasteiger partial charge >= 0.3 is 0 Å². The van der Waals surface area contributed by atoms with Gasteiger partial charge in [0.15, 0.2) is 0 Å². The van der Waals surface area contributed by atoms with Crippen molar-refractivity contribution in [3.05, 3.63) is 42.5 Å². The van der Waals surface area contributed by atoms with Crippen molar-refractivity contribution in [1.29, 1.82) is 0 Å². The van der Waals surface area contributed by atoms with Gasteiger partial charge in [0.25, 0.3) is 10.0 Å². The van der Waals surface area contributed by atoms with E-state index < -0.39 is 10.0 Å². The summed E-state index contributed by atoms with van der Waals surface area (Å²) in [4.78, 5) is 0.211. The second-order valence-corrected chi connectivity index (χ2v) is 4.87. The fourth-order valence-electron chi connectivity index (χ4n) is 0.945. The highest BCUT2D eigenvalue weighted by Gasteiger charge is 2.09. The Labute approximate surface area is 90.2 Å². The molecule has 0 aliphatic rings. The Morgan fingerprint density at radius 2 is 2.00 bits per heavy atom. The summed E-state index contributed by atoms with van der Waals surface area (Å²) in [5.41, 5.74) is 0.877. The Hall–Kier alpha value is -1.42. The Kier molecular flexibility index (Phi) is 3.80. The fraction of sp³-hybridized carbons (Fsp3) is 0.182. The van der Waals surface area contributed by atoms with Gasteiger partial charge in [0, 0.05) is 12.6 Å². The highest BCUT2D eigenvalue weighted by molar-refractivity contribution is 7.90. The minimum Gasteiger partial charge on any atom is -0.199 e. The molecule has 4 heteroatoms. The molecule has 0 aromatic heterocycles. The largest absolute Gasteiger partial charge is 0.281 e. The third kappa shape index (κ3) is 3.67. The first-order chi connectivity index (χ1) is 7.02. The molecule has 0 N–H and O–H groups in total. The van der Waals surface area contributed by atoms with Crippen LogP contribution in [0, 0.1) is 0 Å². The number of hydrogen-bond donors (Lipinski definition) is 0. The van der Waals surface area contributed by atoms with Gasteiger partial charge in [0.2, 0.25) is 0 Å². The number of sulfonamides is 1. The first-order valence-electron chi connectivity index (χ1n) is 4.50. The zero-order valence-electron chi connectivity index (χ0n) is 8.55. The van der Waals surface area contributed by atoms with Crippen molar-refractivity contribution in [2.45, 2.75) is 18.2 Å². The van der Waals surface area contributed by atoms with Gasteiger partial charge in [0.1, 0.15) is 0 Å². The highest BCUT2D eigenvalue weighted by atomic mass is 32.2. The van der Waals surface area contributed by atoms with Crippen LogP contribution < -0.4 is 0 Å². The standard InChI is InChI=1S/C11H13NO2S/c1-10(2)8-9-12-15(13,14)11-6-4-3-5-7-11/h3-7,9H,1,8H2,2H3/b12-9+. The van der Waals surface area contributed by atoms with Gasteiger partial charge < -0.3 is 0 Å². The molecule has 0 atom stereocenters. The lowest BCUT2D eigenvalue weighted by molar-refractivity contribution is 0.598. The lowest BCUT2D eigenvalue weighted by Crippen LogP contribution is -1.96. The molecule has 15 heavy (non-hydrogen) atoms. The van der Waals surface area contributed by atoms with E-state index in [0.29, 0.717) is 6.42 Å². The van der Waals surface area contributed by atoms with Crippen molar-refractivity contribution in [2.24, 2.45) is 4.40 Å². The Morgan fingerprint density at radius 1 is 1.40 bits per heavy atom. The monoisotopic (exact) mass is 223 g/mol. The summed E-state index contributed by atoms with van der Waals surface area (Å²) in [7, 11) is -3.53. The van der Waals surface area contributed by atoms with Crippen molar-refractivity contribution in [3.63, 3.8) is 0 Å². The van der Waals surface area contributed by atoms with E-state index >= 15 is 0 Å². The molecule has 0 aliphatic carbocycles. The van der Waals surface area contributed by atoms with Crippen molar-refractivity contribution >= 4 is 16.2 Å². The summed E-state index contributed by atoms with van der Waals surface area (Å²) in [6.45, 7) is 5.48. The number of benzene rings is 1. The molecule has 0 heterocycles. The molecule has 0 saturated carbocycles. The first-order valence-corrected chi connectivity index (χ1v) is 5.94. The first kappa shape index (κ1) is 11.7. The van der Waals surface area contributed by atoms with Crippen LogP contribution in [0.3, 0.4) is 0 Å². The van der Waals surface area contributed by atoms with Gasteiger partial charge in [-0.15, -0.1) is 0 Å². The Balaban J connectivity index is 2.86. The normalized spacial score (nSPS) is 11.8. The number of hydrogen-bond acceptors (Lipinski definition) is 2. The molecule has 3 nitrogen and oxygen atoms in total. The van der Waals surface area contributed by atoms with Crippen LogP contribution in [0.2, 0.25) is 0 Å². The maximum atomic E-state index is 11.6. The summed E-state index contributed by atoms with van der Waals surface area (Å²) in [6.07, 6.45) is 1.84. The van der Waals surface area contributed by atoms with Gasteiger partial charge in [-0.3, -0.25) is 0 Å². The van der Waals surface area contributed by atoms with Gasteiger partial charge in [0.05, 0.1) is 4.90 Å². The van der Waals surface area contributed by atoms with E-state index in [-0.39, 0.29) is 4.90 Å². The molecule has 0 saturated heterocycles. The molecule has 80 valence electrons.